The number of aliphatic carboxylic acids is 1. The Morgan fingerprint density at radius 3 is 2.52 bits per heavy atom. The number of carbonyl (C=O) groups is 3. The maximum atomic E-state index is 12.7. The van der Waals surface area contributed by atoms with Crippen molar-refractivity contribution < 1.29 is 24.2 Å². The summed E-state index contributed by atoms with van der Waals surface area (Å²) in [5.74, 6) is -2.10. The van der Waals surface area contributed by atoms with E-state index in [-0.39, 0.29) is 24.3 Å². The fraction of sp³-hybridized carbons (Fsp3) is 0.550. The highest BCUT2D eigenvalue weighted by Crippen LogP contribution is 2.26. The first-order chi connectivity index (χ1) is 12.8. The molecule has 0 bridgehead atoms. The molecule has 0 unspecified atom stereocenters. The van der Waals surface area contributed by atoms with Gasteiger partial charge in [0.05, 0.1) is 18.1 Å². The molecular weight excluding hydrogens is 348 g/mol. The Bertz CT molecular complexity index is 664. The van der Waals surface area contributed by atoms with Gasteiger partial charge in [-0.3, -0.25) is 9.59 Å². The minimum absolute atomic E-state index is 0.0420. The third-order valence-corrected chi connectivity index (χ3v) is 5.16. The maximum Gasteiger partial charge on any atom is 0.326 e. The molecule has 4 atom stereocenters. The van der Waals surface area contributed by atoms with Gasteiger partial charge in [-0.05, 0) is 18.4 Å². The molecule has 1 fully saturated rings. The van der Waals surface area contributed by atoms with Crippen LogP contribution in [-0.2, 0) is 25.5 Å². The van der Waals surface area contributed by atoms with Gasteiger partial charge in [0.15, 0.2) is 0 Å². The van der Waals surface area contributed by atoms with E-state index in [0.717, 1.165) is 18.4 Å². The van der Waals surface area contributed by atoms with Crippen LogP contribution in [0.25, 0.3) is 0 Å². The van der Waals surface area contributed by atoms with Crippen molar-refractivity contribution in [2.45, 2.75) is 51.3 Å². The van der Waals surface area contributed by atoms with E-state index >= 15 is 0 Å². The minimum Gasteiger partial charge on any atom is -0.480 e. The standard InChI is InChI=1S/C20H28N2O5/c1-13(18(27-3)17-10-7-11-22(17)14(2)23)19(24)21-16(20(25)26)12-15-8-5-4-6-9-15/h4-6,8-9,13,16-18H,7,10-12H2,1-3H3,(H,21,24)(H,25,26)/t13-,16+,17+,18-/m1/s1. The number of methoxy groups -OCH3 is 1. The molecular formula is C20H28N2O5. The predicted octanol–water partition coefficient (Wildman–Crippen LogP) is 1.46. The lowest BCUT2D eigenvalue weighted by atomic mass is 9.94. The van der Waals surface area contributed by atoms with Gasteiger partial charge < -0.3 is 20.1 Å². The number of nitrogens with one attached hydrogen (secondary N) is 1. The van der Waals surface area contributed by atoms with Gasteiger partial charge in [0.1, 0.15) is 6.04 Å². The summed E-state index contributed by atoms with van der Waals surface area (Å²) in [5.41, 5.74) is 0.833. The number of hydrogen-bond acceptors (Lipinski definition) is 4. The number of carboxylic acid groups (broad SMARTS) is 1. The van der Waals surface area contributed by atoms with Crippen molar-refractivity contribution in [2.75, 3.05) is 13.7 Å². The van der Waals surface area contributed by atoms with Crippen LogP contribution in [0, 0.1) is 5.92 Å². The van der Waals surface area contributed by atoms with Crippen LogP contribution in [0.15, 0.2) is 30.3 Å². The number of amides is 2. The van der Waals surface area contributed by atoms with Crippen LogP contribution in [0.5, 0.6) is 0 Å². The molecule has 27 heavy (non-hydrogen) atoms. The number of ether oxygens (including phenoxy) is 1. The number of carboxylic acids is 1. The van der Waals surface area contributed by atoms with Crippen LogP contribution in [0.2, 0.25) is 0 Å². The summed E-state index contributed by atoms with van der Waals surface area (Å²) < 4.78 is 5.56. The van der Waals surface area contributed by atoms with Crippen LogP contribution < -0.4 is 5.32 Å². The zero-order chi connectivity index (χ0) is 20.0. The monoisotopic (exact) mass is 376 g/mol. The summed E-state index contributed by atoms with van der Waals surface area (Å²) in [6, 6.07) is 7.97. The summed E-state index contributed by atoms with van der Waals surface area (Å²) in [6.07, 6.45) is 1.35. The molecule has 0 aromatic heterocycles. The first kappa shape index (κ1) is 20.9. The highest BCUT2D eigenvalue weighted by molar-refractivity contribution is 5.85. The molecule has 0 radical (unpaired) electrons. The second-order valence-electron chi connectivity index (χ2n) is 7.00. The van der Waals surface area contributed by atoms with Crippen molar-refractivity contribution in [3.8, 4) is 0 Å². The van der Waals surface area contributed by atoms with Crippen molar-refractivity contribution in [1.82, 2.24) is 10.2 Å². The molecule has 1 aromatic carbocycles. The Morgan fingerprint density at radius 1 is 1.30 bits per heavy atom. The zero-order valence-corrected chi connectivity index (χ0v) is 16.1. The molecule has 7 heteroatoms. The van der Waals surface area contributed by atoms with E-state index in [0.29, 0.717) is 6.54 Å². The molecule has 1 heterocycles. The van der Waals surface area contributed by atoms with Crippen LogP contribution in [0.1, 0.15) is 32.3 Å². The average Bonchev–Trinajstić information content (AvgIpc) is 3.12. The lowest BCUT2D eigenvalue weighted by Crippen LogP contribution is -2.52. The zero-order valence-electron chi connectivity index (χ0n) is 16.1. The molecule has 1 aromatic rings. The van der Waals surface area contributed by atoms with Crippen molar-refractivity contribution in [2.24, 2.45) is 5.92 Å². The predicted molar refractivity (Wildman–Crippen MR) is 100 cm³/mol. The molecule has 2 N–H and O–H groups in total. The Hall–Kier alpha value is -2.41. The third kappa shape index (κ3) is 5.29. The summed E-state index contributed by atoms with van der Waals surface area (Å²) in [7, 11) is 1.52. The van der Waals surface area contributed by atoms with Crippen LogP contribution >= 0.6 is 0 Å². The van der Waals surface area contributed by atoms with Crippen molar-refractivity contribution in [3.63, 3.8) is 0 Å². The molecule has 0 spiro atoms. The minimum atomic E-state index is -1.08. The Morgan fingerprint density at radius 2 is 1.96 bits per heavy atom. The summed E-state index contributed by atoms with van der Waals surface area (Å²) >= 11 is 0. The molecule has 2 amide bonds. The maximum absolute atomic E-state index is 12.7. The Kier molecular flexibility index (Phi) is 7.36. The topological polar surface area (TPSA) is 95.9 Å². The second kappa shape index (κ2) is 9.50. The van der Waals surface area contributed by atoms with Gasteiger partial charge in [-0.15, -0.1) is 0 Å². The largest absolute Gasteiger partial charge is 0.480 e. The molecule has 0 saturated carbocycles. The molecule has 1 saturated heterocycles. The lowest BCUT2D eigenvalue weighted by molar-refractivity contribution is -0.144. The highest BCUT2D eigenvalue weighted by atomic mass is 16.5. The van der Waals surface area contributed by atoms with Crippen molar-refractivity contribution in [3.05, 3.63) is 35.9 Å². The van der Waals surface area contributed by atoms with Gasteiger partial charge in [-0.1, -0.05) is 37.3 Å². The van der Waals surface area contributed by atoms with E-state index in [1.54, 1.807) is 11.8 Å². The molecule has 0 aliphatic carbocycles. The normalized spacial score (nSPS) is 20.0. The fourth-order valence-electron chi connectivity index (χ4n) is 3.72. The van der Waals surface area contributed by atoms with Gasteiger partial charge in [-0.25, -0.2) is 4.79 Å². The number of carbonyl (C=O) groups excluding carboxylic acids is 2. The number of nitrogens with zero attached hydrogens (tertiary/aromatic N) is 1. The third-order valence-electron chi connectivity index (χ3n) is 5.16. The van der Waals surface area contributed by atoms with Gasteiger partial charge in [0, 0.05) is 27.0 Å². The van der Waals surface area contributed by atoms with Gasteiger partial charge >= 0.3 is 5.97 Å². The fourth-order valence-corrected chi connectivity index (χ4v) is 3.72. The SMILES string of the molecule is CO[C@H]([C@@H](C)C(=O)N[C@@H](Cc1ccccc1)C(=O)O)[C@@H]1CCCN1C(C)=O. The number of likely N-dealkylation sites (tertiary alicyclic amines) is 1. The number of hydrogen-bond donors (Lipinski definition) is 2. The Labute approximate surface area is 159 Å². The summed E-state index contributed by atoms with van der Waals surface area (Å²) in [6.45, 7) is 3.87. The number of benzene rings is 1. The molecule has 1 aliphatic rings. The van der Waals surface area contributed by atoms with E-state index in [4.69, 9.17) is 4.74 Å². The second-order valence-corrected chi connectivity index (χ2v) is 7.00. The molecule has 148 valence electrons. The lowest BCUT2D eigenvalue weighted by Gasteiger charge is -2.33. The highest BCUT2D eigenvalue weighted by Gasteiger charge is 2.39. The smallest absolute Gasteiger partial charge is 0.326 e. The van der Waals surface area contributed by atoms with Gasteiger partial charge in [0.25, 0.3) is 0 Å². The van der Waals surface area contributed by atoms with E-state index < -0.39 is 24.0 Å². The Balaban J connectivity index is 2.06. The van der Waals surface area contributed by atoms with Gasteiger partial charge in [0.2, 0.25) is 11.8 Å². The van der Waals surface area contributed by atoms with Crippen molar-refractivity contribution in [1.29, 1.82) is 0 Å². The van der Waals surface area contributed by atoms with E-state index in [2.05, 4.69) is 5.32 Å². The van der Waals surface area contributed by atoms with Crippen LogP contribution in [0.4, 0.5) is 0 Å². The first-order valence-corrected chi connectivity index (χ1v) is 9.22. The number of rotatable bonds is 8. The van der Waals surface area contributed by atoms with Crippen molar-refractivity contribution >= 4 is 17.8 Å². The van der Waals surface area contributed by atoms with Crippen LogP contribution in [0.3, 0.4) is 0 Å². The molecule has 1 aliphatic heterocycles. The van der Waals surface area contributed by atoms with E-state index in [9.17, 15) is 19.5 Å². The summed E-state index contributed by atoms with van der Waals surface area (Å²) in [5, 5.41) is 12.1. The molecule has 7 nitrogen and oxygen atoms in total. The quantitative estimate of drug-likeness (QED) is 0.716. The first-order valence-electron chi connectivity index (χ1n) is 9.22. The molecule has 2 rings (SSSR count). The average molecular weight is 376 g/mol. The van der Waals surface area contributed by atoms with Crippen LogP contribution in [-0.4, -0.2) is 59.6 Å². The van der Waals surface area contributed by atoms with Gasteiger partial charge in [-0.2, -0.15) is 0 Å². The summed E-state index contributed by atoms with van der Waals surface area (Å²) in [4.78, 5) is 37.9. The van der Waals surface area contributed by atoms with E-state index in [1.165, 1.54) is 14.0 Å². The van der Waals surface area contributed by atoms with E-state index in [1.807, 2.05) is 30.3 Å².